The summed E-state index contributed by atoms with van der Waals surface area (Å²) < 4.78 is 92.5. The molecule has 1 heterocycles. The number of aliphatic carboxylic acids is 1. The highest BCUT2D eigenvalue weighted by Crippen LogP contribution is 2.31. The molecule has 3 rings (SSSR count). The summed E-state index contributed by atoms with van der Waals surface area (Å²) in [5.41, 5.74) is 0.0766. The number of rotatable bonds is 7. The zero-order valence-corrected chi connectivity index (χ0v) is 21.1. The summed E-state index contributed by atoms with van der Waals surface area (Å²) in [7, 11) is 0. The maximum absolute atomic E-state index is 13.8. The molecule has 39 heavy (non-hydrogen) atoms. The van der Waals surface area contributed by atoms with Gasteiger partial charge in [0.05, 0.1) is 17.2 Å². The summed E-state index contributed by atoms with van der Waals surface area (Å²) in [6.45, 7) is 2.04. The van der Waals surface area contributed by atoms with Crippen LogP contribution in [-0.2, 0) is 11.3 Å². The average Bonchev–Trinajstić information content (AvgIpc) is 2.78. The Morgan fingerprint density at radius 3 is 2.08 bits per heavy atom. The first-order valence-electron chi connectivity index (χ1n) is 10.9. The molecule has 7 nitrogen and oxygen atoms in total. The maximum Gasteiger partial charge on any atom is 0.573 e. The number of ether oxygens (including phenoxy) is 2. The van der Waals surface area contributed by atoms with Gasteiger partial charge in [0.1, 0.15) is 17.3 Å². The first kappa shape index (κ1) is 32.2. The molecular formula is C23H20Cl2F7NO6. The molecule has 0 atom stereocenters. The number of piperidine rings is 1. The van der Waals surface area contributed by atoms with Crippen LogP contribution in [0.3, 0.4) is 0 Å². The van der Waals surface area contributed by atoms with Gasteiger partial charge in [0.25, 0.3) is 0 Å². The quantitative estimate of drug-likeness (QED) is 0.339. The van der Waals surface area contributed by atoms with Crippen LogP contribution in [0.25, 0.3) is 0 Å². The lowest BCUT2D eigenvalue weighted by atomic mass is 9.97. The molecule has 1 aliphatic rings. The Balaban J connectivity index is 0.000000673. The second kappa shape index (κ2) is 13.4. The molecule has 2 aromatic carbocycles. The fraction of sp³-hybridized carbons (Fsp3) is 0.391. The molecule has 2 N–H and O–H groups in total. The normalized spacial score (nSPS) is 14.8. The molecule has 1 saturated heterocycles. The van der Waals surface area contributed by atoms with Gasteiger partial charge in [-0.05, 0) is 61.7 Å². The number of alkyl halides is 6. The van der Waals surface area contributed by atoms with Crippen LogP contribution in [0.1, 0.15) is 28.8 Å². The van der Waals surface area contributed by atoms with E-state index in [0.29, 0.717) is 25.2 Å². The molecule has 216 valence electrons. The summed E-state index contributed by atoms with van der Waals surface area (Å²) in [6.07, 6.45) is -8.38. The van der Waals surface area contributed by atoms with E-state index in [2.05, 4.69) is 9.64 Å². The molecule has 0 spiro atoms. The minimum atomic E-state index is -5.08. The van der Waals surface area contributed by atoms with Crippen molar-refractivity contribution in [1.82, 2.24) is 4.90 Å². The molecule has 0 saturated carbocycles. The van der Waals surface area contributed by atoms with Crippen LogP contribution in [-0.4, -0.2) is 59.3 Å². The second-order valence-corrected chi connectivity index (χ2v) is 9.09. The molecule has 0 aliphatic carbocycles. The van der Waals surface area contributed by atoms with Crippen molar-refractivity contribution < 1.29 is 60.0 Å². The molecule has 16 heteroatoms. The van der Waals surface area contributed by atoms with Gasteiger partial charge in [-0.15, -0.1) is 13.2 Å². The fourth-order valence-electron chi connectivity index (χ4n) is 3.48. The van der Waals surface area contributed by atoms with Crippen molar-refractivity contribution in [3.8, 4) is 11.5 Å². The highest BCUT2D eigenvalue weighted by molar-refractivity contribution is 6.32. The van der Waals surface area contributed by atoms with Crippen molar-refractivity contribution in [3.05, 3.63) is 57.3 Å². The molecule has 0 amide bonds. The highest BCUT2D eigenvalue weighted by atomic mass is 35.5. The zero-order chi connectivity index (χ0) is 29.5. The van der Waals surface area contributed by atoms with E-state index in [1.54, 1.807) is 6.07 Å². The molecule has 0 radical (unpaired) electrons. The number of carboxylic acids is 2. The van der Waals surface area contributed by atoms with Crippen LogP contribution in [0.4, 0.5) is 30.7 Å². The largest absolute Gasteiger partial charge is 0.573 e. The molecule has 1 fully saturated rings. The van der Waals surface area contributed by atoms with E-state index >= 15 is 0 Å². The number of aromatic carboxylic acids is 1. The van der Waals surface area contributed by atoms with Crippen molar-refractivity contribution in [2.45, 2.75) is 31.9 Å². The number of benzene rings is 2. The summed E-state index contributed by atoms with van der Waals surface area (Å²) in [6, 6.07) is 5.99. The lowest BCUT2D eigenvalue weighted by molar-refractivity contribution is -0.274. The third-order valence-corrected chi connectivity index (χ3v) is 5.76. The summed E-state index contributed by atoms with van der Waals surface area (Å²) >= 11 is 11.9. The first-order valence-corrected chi connectivity index (χ1v) is 11.6. The van der Waals surface area contributed by atoms with Gasteiger partial charge >= 0.3 is 24.5 Å². The van der Waals surface area contributed by atoms with E-state index in [1.165, 1.54) is 6.07 Å². The Kier molecular flexibility index (Phi) is 11.1. The standard InChI is InChI=1S/C21H19Cl2F4NO4.C2HF3O2/c22-14-5-13(6-15(7-14)32-21(25,26)27)10-28-3-1-12(2-4-28)11-31-19-9-18(24)16(20(29)30)8-17(19)23;3-2(4,5)1(6)7/h5-9,12H,1-4,10-11H2,(H,29,30);(H,6,7). The Hall–Kier alpha value is -2.97. The Morgan fingerprint density at radius 1 is 0.974 bits per heavy atom. The van der Waals surface area contributed by atoms with Gasteiger partial charge in [0, 0.05) is 17.6 Å². The lowest BCUT2D eigenvalue weighted by Gasteiger charge is -2.32. The van der Waals surface area contributed by atoms with Crippen LogP contribution in [0, 0.1) is 11.7 Å². The van der Waals surface area contributed by atoms with Gasteiger partial charge < -0.3 is 19.7 Å². The van der Waals surface area contributed by atoms with Crippen LogP contribution in [0.15, 0.2) is 30.3 Å². The number of hydrogen-bond acceptors (Lipinski definition) is 5. The fourth-order valence-corrected chi connectivity index (χ4v) is 3.95. The van der Waals surface area contributed by atoms with Gasteiger partial charge in [-0.25, -0.2) is 14.0 Å². The topological polar surface area (TPSA) is 96.3 Å². The predicted molar refractivity (Wildman–Crippen MR) is 124 cm³/mol. The Labute approximate surface area is 226 Å². The smallest absolute Gasteiger partial charge is 0.492 e. The molecular weight excluding hydrogens is 590 g/mol. The van der Waals surface area contributed by atoms with Crippen LogP contribution in [0.5, 0.6) is 11.5 Å². The van der Waals surface area contributed by atoms with E-state index < -0.39 is 35.9 Å². The predicted octanol–water partition coefficient (Wildman–Crippen LogP) is 6.65. The van der Waals surface area contributed by atoms with Crippen molar-refractivity contribution in [1.29, 1.82) is 0 Å². The van der Waals surface area contributed by atoms with Crippen molar-refractivity contribution >= 4 is 35.1 Å². The average molecular weight is 610 g/mol. The van der Waals surface area contributed by atoms with E-state index in [-0.39, 0.29) is 34.1 Å². The first-order chi connectivity index (χ1) is 17.9. The number of nitrogens with zero attached hydrogens (tertiary/aromatic N) is 1. The van der Waals surface area contributed by atoms with Gasteiger partial charge in [-0.3, -0.25) is 4.90 Å². The number of hydrogen-bond donors (Lipinski definition) is 2. The maximum atomic E-state index is 13.8. The summed E-state index contributed by atoms with van der Waals surface area (Å²) in [5, 5.41) is 16.2. The molecule has 1 aliphatic heterocycles. The number of likely N-dealkylation sites (tertiary alicyclic amines) is 1. The lowest BCUT2D eigenvalue weighted by Crippen LogP contribution is -2.35. The van der Waals surface area contributed by atoms with E-state index in [4.69, 9.17) is 42.9 Å². The van der Waals surface area contributed by atoms with Gasteiger partial charge in [0.15, 0.2) is 0 Å². The molecule has 2 aromatic rings. The van der Waals surface area contributed by atoms with Crippen LogP contribution < -0.4 is 9.47 Å². The third kappa shape index (κ3) is 11.0. The summed E-state index contributed by atoms with van der Waals surface area (Å²) in [5.74, 6) is -5.23. The number of carboxylic acid groups (broad SMARTS) is 2. The van der Waals surface area contributed by atoms with Crippen molar-refractivity contribution in [2.24, 2.45) is 5.92 Å². The number of carbonyl (C=O) groups is 2. The van der Waals surface area contributed by atoms with Crippen molar-refractivity contribution in [3.63, 3.8) is 0 Å². The van der Waals surface area contributed by atoms with Gasteiger partial charge in [-0.2, -0.15) is 13.2 Å². The van der Waals surface area contributed by atoms with E-state index in [9.17, 15) is 35.5 Å². The molecule has 0 aromatic heterocycles. The van der Waals surface area contributed by atoms with Gasteiger partial charge in [0.2, 0.25) is 0 Å². The van der Waals surface area contributed by atoms with Crippen LogP contribution >= 0.6 is 23.2 Å². The Morgan fingerprint density at radius 2 is 1.56 bits per heavy atom. The minimum absolute atomic E-state index is 0.0130. The monoisotopic (exact) mass is 609 g/mol. The van der Waals surface area contributed by atoms with E-state index in [0.717, 1.165) is 31.0 Å². The SMILES string of the molecule is O=C(O)C(F)(F)F.O=C(O)c1cc(Cl)c(OCC2CCN(Cc3cc(Cl)cc(OC(F)(F)F)c3)CC2)cc1F. The zero-order valence-electron chi connectivity index (χ0n) is 19.6. The molecule has 0 bridgehead atoms. The summed E-state index contributed by atoms with van der Waals surface area (Å²) in [4.78, 5) is 21.9. The van der Waals surface area contributed by atoms with Crippen molar-refractivity contribution in [2.75, 3.05) is 19.7 Å². The number of halogens is 9. The van der Waals surface area contributed by atoms with E-state index in [1.807, 2.05) is 0 Å². The van der Waals surface area contributed by atoms with Gasteiger partial charge in [-0.1, -0.05) is 23.2 Å². The second-order valence-electron chi connectivity index (χ2n) is 8.24. The third-order valence-electron chi connectivity index (χ3n) is 5.25. The highest BCUT2D eigenvalue weighted by Gasteiger charge is 2.38. The minimum Gasteiger partial charge on any atom is -0.492 e. The molecule has 0 unspecified atom stereocenters. The van der Waals surface area contributed by atoms with Crippen LogP contribution in [0.2, 0.25) is 10.0 Å². The Bertz CT molecular complexity index is 1170.